The van der Waals surface area contributed by atoms with Gasteiger partial charge in [0.2, 0.25) is 0 Å². The zero-order valence-electron chi connectivity index (χ0n) is 16.6. The fraction of sp³-hybridized carbons (Fsp3) is 0.478. The van der Waals surface area contributed by atoms with Crippen molar-refractivity contribution in [3.63, 3.8) is 0 Å². The minimum absolute atomic E-state index is 0.224. The second kappa shape index (κ2) is 8.13. The molecule has 0 bridgehead atoms. The summed E-state index contributed by atoms with van der Waals surface area (Å²) < 4.78 is 11.4. The molecule has 152 valence electrons. The van der Waals surface area contributed by atoms with Crippen molar-refractivity contribution in [2.24, 2.45) is 0 Å². The molecular weight excluding hydrogens is 366 g/mol. The number of phenolic OH excluding ortho intramolecular Hbond substituents is 1. The molecule has 0 unspecified atom stereocenters. The maximum absolute atomic E-state index is 10.3. The van der Waals surface area contributed by atoms with Gasteiger partial charge in [-0.3, -0.25) is 0 Å². The number of H-pyrrole nitrogens is 1. The maximum atomic E-state index is 10.3. The first-order valence-electron chi connectivity index (χ1n) is 10.7. The number of fused-ring (bicyclic) bond motifs is 1. The van der Waals surface area contributed by atoms with Crippen LogP contribution in [-0.4, -0.2) is 46.2 Å². The first kappa shape index (κ1) is 18.6. The summed E-state index contributed by atoms with van der Waals surface area (Å²) in [6.45, 7) is 2.49. The molecule has 5 rings (SSSR count). The summed E-state index contributed by atoms with van der Waals surface area (Å²) in [5.41, 5.74) is 4.85. The summed E-state index contributed by atoms with van der Waals surface area (Å²) in [6.07, 6.45) is 6.71. The van der Waals surface area contributed by atoms with Crippen molar-refractivity contribution in [2.45, 2.75) is 50.5 Å². The quantitative estimate of drug-likeness (QED) is 0.674. The number of aromatic amines is 1. The average molecular weight is 393 g/mol. The third kappa shape index (κ3) is 3.74. The highest BCUT2D eigenvalue weighted by Gasteiger charge is 2.25. The molecule has 0 spiro atoms. The highest BCUT2D eigenvalue weighted by atomic mass is 16.5. The lowest BCUT2D eigenvalue weighted by molar-refractivity contribution is 0.0842. The minimum Gasteiger partial charge on any atom is -0.507 e. The van der Waals surface area contributed by atoms with Gasteiger partial charge in [-0.1, -0.05) is 12.1 Å². The van der Waals surface area contributed by atoms with Crippen LogP contribution in [0.4, 0.5) is 0 Å². The first-order chi connectivity index (χ1) is 14.3. The second-order valence-corrected chi connectivity index (χ2v) is 8.09. The number of aromatic nitrogens is 3. The zero-order valence-corrected chi connectivity index (χ0v) is 16.6. The van der Waals surface area contributed by atoms with E-state index in [-0.39, 0.29) is 5.75 Å². The van der Waals surface area contributed by atoms with Crippen molar-refractivity contribution in [3.8, 4) is 17.0 Å². The summed E-state index contributed by atoms with van der Waals surface area (Å²) in [7, 11) is 0. The largest absolute Gasteiger partial charge is 0.507 e. The zero-order chi connectivity index (χ0) is 19.6. The van der Waals surface area contributed by atoms with E-state index in [1.54, 1.807) is 6.07 Å². The number of aromatic hydroxyl groups is 1. The predicted molar refractivity (Wildman–Crippen MR) is 111 cm³/mol. The number of nitrogens with one attached hydrogen (secondary N) is 1. The number of ether oxygens (including phenoxy) is 2. The number of hydrogen-bond donors (Lipinski definition) is 2. The van der Waals surface area contributed by atoms with Crippen LogP contribution in [-0.2, 0) is 15.9 Å². The molecule has 3 aromatic rings. The third-order valence-electron chi connectivity index (χ3n) is 6.25. The Morgan fingerprint density at radius 2 is 1.93 bits per heavy atom. The Bertz CT molecular complexity index is 988. The van der Waals surface area contributed by atoms with Crippen LogP contribution in [0.25, 0.3) is 22.3 Å². The number of para-hydroxylation sites is 1. The summed E-state index contributed by atoms with van der Waals surface area (Å²) in [6, 6.07) is 9.36. The van der Waals surface area contributed by atoms with Gasteiger partial charge in [0.05, 0.1) is 11.8 Å². The van der Waals surface area contributed by atoms with E-state index in [9.17, 15) is 5.11 Å². The lowest BCUT2D eigenvalue weighted by Gasteiger charge is -2.22. The molecule has 0 radical (unpaired) electrons. The number of hydrogen-bond acceptors (Lipinski definition) is 5. The Labute approximate surface area is 170 Å². The molecule has 6 nitrogen and oxygen atoms in total. The lowest BCUT2D eigenvalue weighted by Crippen LogP contribution is -2.16. The van der Waals surface area contributed by atoms with Crippen molar-refractivity contribution < 1.29 is 14.6 Å². The summed E-state index contributed by atoms with van der Waals surface area (Å²) in [4.78, 5) is 3.57. The molecule has 2 aliphatic rings. The normalized spacial score (nSPS) is 20.5. The molecule has 29 heavy (non-hydrogen) atoms. The molecule has 2 saturated heterocycles. The Morgan fingerprint density at radius 3 is 2.72 bits per heavy atom. The van der Waals surface area contributed by atoms with Crippen LogP contribution in [0.3, 0.4) is 0 Å². The van der Waals surface area contributed by atoms with Gasteiger partial charge in [-0.15, -0.1) is 10.2 Å². The van der Waals surface area contributed by atoms with Crippen LogP contribution >= 0.6 is 0 Å². The van der Waals surface area contributed by atoms with Gasteiger partial charge in [0.25, 0.3) is 0 Å². The number of nitrogens with zero attached hydrogens (tertiary/aromatic N) is 2. The van der Waals surface area contributed by atoms with Crippen LogP contribution in [0.15, 0.2) is 30.3 Å². The second-order valence-electron chi connectivity index (χ2n) is 8.09. The van der Waals surface area contributed by atoms with E-state index in [1.165, 1.54) is 11.3 Å². The fourth-order valence-electron chi connectivity index (χ4n) is 4.67. The Morgan fingerprint density at radius 1 is 1.07 bits per heavy atom. The maximum Gasteiger partial charge on any atom is 0.160 e. The molecule has 0 aliphatic carbocycles. The number of phenols is 1. The standard InChI is InChI=1S/C23H27N3O3/c27-21-6-2-1-5-18(21)20-14-19-17(8-7-16-4-3-11-29-16)22(24-23(19)26-25-20)15-9-12-28-13-10-15/h1-2,5-6,14-16,27H,3-4,7-13H2,(H,24,26)/t16-/m0/s1. The van der Waals surface area contributed by atoms with Crippen molar-refractivity contribution in [1.29, 1.82) is 0 Å². The smallest absolute Gasteiger partial charge is 0.160 e. The molecule has 2 fully saturated rings. The molecule has 1 atom stereocenters. The van der Waals surface area contributed by atoms with Crippen molar-refractivity contribution in [3.05, 3.63) is 41.6 Å². The van der Waals surface area contributed by atoms with E-state index in [1.807, 2.05) is 18.2 Å². The topological polar surface area (TPSA) is 80.3 Å². The number of aryl methyl sites for hydroxylation is 1. The highest BCUT2D eigenvalue weighted by Crippen LogP contribution is 2.36. The Kier molecular flexibility index (Phi) is 5.21. The number of rotatable bonds is 5. The van der Waals surface area contributed by atoms with Crippen LogP contribution in [0.5, 0.6) is 5.75 Å². The van der Waals surface area contributed by atoms with E-state index in [2.05, 4.69) is 21.2 Å². The van der Waals surface area contributed by atoms with Gasteiger partial charge in [-0.05, 0) is 62.3 Å². The highest BCUT2D eigenvalue weighted by molar-refractivity contribution is 5.85. The summed E-state index contributed by atoms with van der Waals surface area (Å²) in [5, 5.41) is 20.2. The lowest BCUT2D eigenvalue weighted by atomic mass is 9.91. The molecule has 2 aromatic heterocycles. The van der Waals surface area contributed by atoms with E-state index >= 15 is 0 Å². The predicted octanol–water partition coefficient (Wildman–Crippen LogP) is 4.34. The average Bonchev–Trinajstić information content (AvgIpc) is 3.40. The minimum atomic E-state index is 0.224. The van der Waals surface area contributed by atoms with Gasteiger partial charge in [0.15, 0.2) is 5.65 Å². The van der Waals surface area contributed by atoms with Crippen LogP contribution in [0, 0.1) is 0 Å². The van der Waals surface area contributed by atoms with Gasteiger partial charge in [-0.2, -0.15) is 0 Å². The van der Waals surface area contributed by atoms with Gasteiger partial charge in [-0.25, -0.2) is 0 Å². The summed E-state index contributed by atoms with van der Waals surface area (Å²) in [5.74, 6) is 0.688. The van der Waals surface area contributed by atoms with Gasteiger partial charge in [0, 0.05) is 42.4 Å². The molecule has 0 saturated carbocycles. The van der Waals surface area contributed by atoms with Crippen LogP contribution < -0.4 is 0 Å². The summed E-state index contributed by atoms with van der Waals surface area (Å²) >= 11 is 0. The van der Waals surface area contributed by atoms with Crippen LogP contribution in [0.2, 0.25) is 0 Å². The Hall–Kier alpha value is -2.44. The van der Waals surface area contributed by atoms with Gasteiger partial charge in [0.1, 0.15) is 5.75 Å². The SMILES string of the molecule is Oc1ccccc1-c1cc2c(CC[C@@H]3CCCO3)c(C3CCOCC3)[nH]c2nn1. The molecule has 2 aliphatic heterocycles. The van der Waals surface area contributed by atoms with Crippen LogP contribution in [0.1, 0.15) is 49.3 Å². The molecule has 2 N–H and O–H groups in total. The van der Waals surface area contributed by atoms with Crippen molar-refractivity contribution in [2.75, 3.05) is 19.8 Å². The Balaban J connectivity index is 1.55. The van der Waals surface area contributed by atoms with Gasteiger partial charge < -0.3 is 19.6 Å². The molecular formula is C23H27N3O3. The number of benzene rings is 1. The fourth-order valence-corrected chi connectivity index (χ4v) is 4.67. The third-order valence-corrected chi connectivity index (χ3v) is 6.25. The molecule has 4 heterocycles. The molecule has 1 aromatic carbocycles. The monoisotopic (exact) mass is 393 g/mol. The van der Waals surface area contributed by atoms with E-state index in [0.29, 0.717) is 23.3 Å². The van der Waals surface area contributed by atoms with Crippen molar-refractivity contribution >= 4 is 11.0 Å². The molecule has 6 heteroatoms. The van der Waals surface area contributed by atoms with E-state index in [4.69, 9.17) is 9.47 Å². The van der Waals surface area contributed by atoms with E-state index < -0.39 is 0 Å². The molecule has 0 amide bonds. The van der Waals surface area contributed by atoms with Gasteiger partial charge >= 0.3 is 0 Å². The first-order valence-corrected chi connectivity index (χ1v) is 10.7. The van der Waals surface area contributed by atoms with E-state index in [0.717, 1.165) is 69.4 Å². The van der Waals surface area contributed by atoms with Crippen molar-refractivity contribution in [1.82, 2.24) is 15.2 Å².